The molecule has 9 heterocycles. The van der Waals surface area contributed by atoms with E-state index in [9.17, 15) is 47.9 Å². The van der Waals surface area contributed by atoms with Crippen LogP contribution in [0.4, 0.5) is 43.7 Å². The van der Waals surface area contributed by atoms with E-state index in [2.05, 4.69) is 63.6 Å². The minimum absolute atomic E-state index is 0.0170. The Hall–Kier alpha value is -11.5. The van der Waals surface area contributed by atoms with Gasteiger partial charge in [-0.15, -0.1) is 0 Å². The topological polar surface area (TPSA) is 332 Å². The molecule has 5 fully saturated rings. The van der Waals surface area contributed by atoms with Crippen LogP contribution in [0, 0.1) is 29.6 Å². The molecule has 0 unspecified atom stereocenters. The van der Waals surface area contributed by atoms with Gasteiger partial charge in [0.05, 0.1) is 60.8 Å². The molecule has 0 spiro atoms. The van der Waals surface area contributed by atoms with Crippen molar-refractivity contribution in [3.05, 3.63) is 156 Å². The van der Waals surface area contributed by atoms with E-state index in [1.165, 1.54) is 32.7 Å². The number of Topliss-reactive ketones (excluding diaryl/α,β-unsaturated/α-hetero) is 1. The van der Waals surface area contributed by atoms with Crippen LogP contribution in [0.25, 0.3) is 0 Å². The first-order valence-electron chi connectivity index (χ1n) is 42.1. The summed E-state index contributed by atoms with van der Waals surface area (Å²) in [7, 11) is 4.01. The van der Waals surface area contributed by atoms with Crippen molar-refractivity contribution in [1.29, 1.82) is 0 Å². The fourth-order valence-corrected chi connectivity index (χ4v) is 16.0. The third-order valence-electron chi connectivity index (χ3n) is 22.8. The molecular weight excluding hydrogens is 1570 g/mol. The second kappa shape index (κ2) is 42.8. The number of hydrogen-bond donors (Lipinski definition) is 3. The maximum absolute atomic E-state index is 12.5. The summed E-state index contributed by atoms with van der Waals surface area (Å²) in [6.07, 6.45) is 8.90. The fraction of sp³-hybridized carbons (Fsp3) is 0.500. The highest BCUT2D eigenvalue weighted by Gasteiger charge is 2.37. The first-order chi connectivity index (χ1) is 58.6. The van der Waals surface area contributed by atoms with Crippen molar-refractivity contribution >= 4 is 93.6 Å². The number of methoxy groups -OCH3 is 3. The van der Waals surface area contributed by atoms with Gasteiger partial charge in [0.15, 0.2) is 32.2 Å². The predicted octanol–water partition coefficient (Wildman–Crippen LogP) is 11.3. The molecule has 5 saturated heterocycles. The zero-order chi connectivity index (χ0) is 87.2. The van der Waals surface area contributed by atoms with E-state index in [0.717, 1.165) is 103 Å². The number of piperidine rings is 5. The Bertz CT molecular complexity index is 4450. The normalized spacial score (nSPS) is 17.7. The van der Waals surface area contributed by atoms with Crippen LogP contribution in [0.5, 0.6) is 23.0 Å². The lowest BCUT2D eigenvalue weighted by Gasteiger charge is -2.37. The number of amides is 6. The summed E-state index contributed by atoms with van der Waals surface area (Å²) < 4.78 is 47.1. The number of ketones is 1. The summed E-state index contributed by atoms with van der Waals surface area (Å²) in [6.45, 7) is 21.8. The number of para-hydroxylation sites is 2. The Morgan fingerprint density at radius 3 is 0.943 bits per heavy atom. The smallest absolute Gasteiger partial charge is 0.410 e. The average Bonchev–Trinajstić information content (AvgIpc) is 0.803. The third-order valence-corrected chi connectivity index (χ3v) is 22.8. The van der Waals surface area contributed by atoms with E-state index in [1.54, 1.807) is 102 Å². The zero-order valence-electron chi connectivity index (χ0n) is 71.5. The summed E-state index contributed by atoms with van der Waals surface area (Å²) in [6, 6.07) is 40.9. The van der Waals surface area contributed by atoms with Crippen molar-refractivity contribution < 1.29 is 101 Å². The number of hydrogen-bond acceptors (Lipinski definition) is 24. The molecule has 0 aromatic heterocycles. The number of nitrogens with one attached hydrogen (secondary N) is 1. The molecule has 15 rings (SSSR count). The molecule has 0 atom stereocenters. The molecule has 30 heteroatoms. The minimum atomic E-state index is -0.550. The van der Waals surface area contributed by atoms with Crippen molar-refractivity contribution in [2.24, 2.45) is 29.6 Å². The minimum Gasteiger partial charge on any atom is -0.482 e. The van der Waals surface area contributed by atoms with E-state index < -0.39 is 35.7 Å². The van der Waals surface area contributed by atoms with Crippen LogP contribution in [0.3, 0.4) is 0 Å². The van der Waals surface area contributed by atoms with Crippen LogP contribution in [0.1, 0.15) is 147 Å². The van der Waals surface area contributed by atoms with Crippen LogP contribution < -0.4 is 53.7 Å². The number of fused-ring (bicyclic) bond motifs is 4. The molecule has 122 heavy (non-hydrogen) atoms. The quantitative estimate of drug-likeness (QED) is 0.0460. The molecular formula is C92H117N9O21. The van der Waals surface area contributed by atoms with Gasteiger partial charge < -0.3 is 97.4 Å². The maximum atomic E-state index is 12.5. The molecule has 0 radical (unpaired) electrons. The molecule has 0 bridgehead atoms. The summed E-state index contributed by atoms with van der Waals surface area (Å²) in [4.78, 5) is 136. The van der Waals surface area contributed by atoms with Gasteiger partial charge >= 0.3 is 30.1 Å². The highest BCUT2D eigenvalue weighted by atomic mass is 16.6. The highest BCUT2D eigenvalue weighted by molar-refractivity contribution is 6.04. The molecule has 30 nitrogen and oxygen atoms in total. The van der Waals surface area contributed by atoms with Crippen molar-refractivity contribution in [3.8, 4) is 23.0 Å². The standard InChI is InChI=1S/2C22H24N2O4.C21H28N2O6.C16H20N2O4.C11H21NO3/c1-27-22(26)17-7-8-20-19(13-17)24(21(25)15-28-20)14-16-9-11-23(12-10-16)18-5-3-2-4-6-18;25-14-20(26)17-6-7-21-19(12-17)24(22(27)15-28-21)13-16-8-10-23(11-9-16)18-4-2-1-3-5-18;1-21(2,3)29-20(26)22-9-7-14(8-10-22)12-23-16-11-15(19(25)27-4)5-6-17(16)28-13-18(23)24;1-21-16(20)12-2-3-14-13(8-12)18(15(19)10-22-14)9-11-4-6-17-7-5-11;1-11(2,3)15-10(14)12-6-4-9(8-13)5-7-12/h2-8,13,16H,9-12,14-15H2,1H3;1-7,12,16,25H,8-11,13-15H2;5-6,11,14H,7-10,12-13H2,1-4H3;2-3,8,11,17H,4-7,9-10H2,1H3;9,13H,4-8H2,1-3H3. The first kappa shape index (κ1) is 91.2. The van der Waals surface area contributed by atoms with E-state index >= 15 is 0 Å². The van der Waals surface area contributed by atoms with Crippen LogP contribution >= 0.6 is 0 Å². The van der Waals surface area contributed by atoms with Gasteiger partial charge in [0.25, 0.3) is 23.6 Å². The molecule has 0 saturated carbocycles. The number of rotatable bonds is 16. The van der Waals surface area contributed by atoms with Gasteiger partial charge in [-0.3, -0.25) is 24.0 Å². The Kier molecular flexibility index (Phi) is 32.0. The fourth-order valence-electron chi connectivity index (χ4n) is 16.0. The summed E-state index contributed by atoms with van der Waals surface area (Å²) in [5.74, 6) is 2.30. The van der Waals surface area contributed by atoms with Crippen LogP contribution in [-0.2, 0) is 42.9 Å². The van der Waals surface area contributed by atoms with E-state index in [1.807, 2.05) is 53.7 Å². The van der Waals surface area contributed by atoms with Crippen molar-refractivity contribution in [1.82, 2.24) is 15.1 Å². The number of aliphatic hydroxyl groups is 2. The Morgan fingerprint density at radius 1 is 0.377 bits per heavy atom. The summed E-state index contributed by atoms with van der Waals surface area (Å²) in [5, 5.41) is 21.4. The van der Waals surface area contributed by atoms with Gasteiger partial charge in [-0.2, -0.15) is 0 Å². The number of carbonyl (C=O) groups excluding carboxylic acids is 10. The number of ether oxygens (including phenoxy) is 9. The molecule has 6 aromatic carbocycles. The van der Waals surface area contributed by atoms with E-state index in [-0.39, 0.29) is 80.6 Å². The zero-order valence-corrected chi connectivity index (χ0v) is 71.5. The van der Waals surface area contributed by atoms with Gasteiger partial charge in [0, 0.05) is 102 Å². The van der Waals surface area contributed by atoms with E-state index in [0.29, 0.717) is 144 Å². The van der Waals surface area contributed by atoms with Gasteiger partial charge in [-0.05, 0) is 245 Å². The Morgan fingerprint density at radius 2 is 0.656 bits per heavy atom. The molecule has 3 N–H and O–H groups in total. The predicted molar refractivity (Wildman–Crippen MR) is 459 cm³/mol. The van der Waals surface area contributed by atoms with E-state index in [4.69, 9.17) is 52.8 Å². The molecule has 0 aliphatic carbocycles. The second-order valence-electron chi connectivity index (χ2n) is 33.7. The van der Waals surface area contributed by atoms with Gasteiger partial charge in [-0.1, -0.05) is 36.4 Å². The lowest BCUT2D eigenvalue weighted by molar-refractivity contribution is -0.122. The highest BCUT2D eigenvalue weighted by Crippen LogP contribution is 2.40. The maximum Gasteiger partial charge on any atom is 0.410 e. The number of likely N-dealkylation sites (tertiary alicyclic amines) is 2. The SMILES string of the molecule is CC(C)(C)OC(=O)N1CCC(CO)CC1.COC(=O)c1ccc2c(c1)N(CC1CCN(C(=O)OC(C)(C)C)CC1)C(=O)CO2.COC(=O)c1ccc2c(c1)N(CC1CCN(c3ccccc3)CC1)C(=O)CO2.COC(=O)c1ccc2c(c1)N(CC1CCNCC1)C(=O)CO2.O=C(CO)c1ccc2c(c1)N(CC1CCN(c3ccccc3)CC1)C(=O)CO2. The monoisotopic (exact) mass is 1680 g/mol. The van der Waals surface area contributed by atoms with Gasteiger partial charge in [0.1, 0.15) is 40.8 Å². The van der Waals surface area contributed by atoms with Gasteiger partial charge in [-0.25, -0.2) is 24.0 Å². The molecule has 9 aliphatic rings. The van der Waals surface area contributed by atoms with Gasteiger partial charge in [0.2, 0.25) is 0 Å². The number of nitrogens with zero attached hydrogens (tertiary/aromatic N) is 8. The number of benzene rings is 6. The largest absolute Gasteiger partial charge is 0.482 e. The van der Waals surface area contributed by atoms with Crippen LogP contribution in [0.15, 0.2) is 133 Å². The first-order valence-corrected chi connectivity index (χ1v) is 42.1. The molecule has 656 valence electrons. The molecule has 9 aliphatic heterocycles. The van der Waals surface area contributed by atoms with Crippen LogP contribution in [-0.4, -0.2) is 243 Å². The number of esters is 3. The summed E-state index contributed by atoms with van der Waals surface area (Å²) in [5.41, 5.74) is 5.68. The van der Waals surface area contributed by atoms with Crippen molar-refractivity contribution in [2.75, 3.05) is 182 Å². The summed E-state index contributed by atoms with van der Waals surface area (Å²) >= 11 is 0. The molecule has 6 amide bonds. The lowest BCUT2D eigenvalue weighted by Crippen LogP contribution is -2.46. The van der Waals surface area contributed by atoms with Crippen molar-refractivity contribution in [2.45, 2.75) is 117 Å². The Balaban J connectivity index is 0.000000151. The number of carbonyl (C=O) groups is 10. The second-order valence-corrected chi connectivity index (χ2v) is 33.7. The number of anilines is 6. The number of aliphatic hydroxyl groups excluding tert-OH is 2. The Labute approximate surface area is 713 Å². The average molecular weight is 1680 g/mol. The molecule has 6 aromatic rings. The third kappa shape index (κ3) is 24.9. The van der Waals surface area contributed by atoms with Crippen molar-refractivity contribution in [3.63, 3.8) is 0 Å². The lowest BCUT2D eigenvalue weighted by atomic mass is 9.95. The van der Waals surface area contributed by atoms with Crippen LogP contribution in [0.2, 0.25) is 0 Å².